The third-order valence-corrected chi connectivity index (χ3v) is 3.61. The van der Waals surface area contributed by atoms with Crippen molar-refractivity contribution in [1.29, 1.82) is 5.26 Å². The molecule has 1 aromatic heterocycles. The second-order valence-corrected chi connectivity index (χ2v) is 4.94. The van der Waals surface area contributed by atoms with Gasteiger partial charge >= 0.3 is 0 Å². The number of hydrogen-bond acceptors (Lipinski definition) is 3. The van der Waals surface area contributed by atoms with E-state index in [-0.39, 0.29) is 5.78 Å². The average Bonchev–Trinajstić information content (AvgIpc) is 2.93. The molecule has 0 aliphatic rings. The van der Waals surface area contributed by atoms with Gasteiger partial charge in [0.15, 0.2) is 5.78 Å². The maximum Gasteiger partial charge on any atom is 0.195 e. The molecule has 21 heavy (non-hydrogen) atoms. The van der Waals surface area contributed by atoms with E-state index >= 15 is 0 Å². The summed E-state index contributed by atoms with van der Waals surface area (Å²) in [4.78, 5) is 15.7. The van der Waals surface area contributed by atoms with Crippen molar-refractivity contribution in [3.8, 4) is 6.07 Å². The van der Waals surface area contributed by atoms with Gasteiger partial charge in [-0.05, 0) is 30.7 Å². The van der Waals surface area contributed by atoms with E-state index in [4.69, 9.17) is 5.73 Å². The van der Waals surface area contributed by atoms with E-state index in [0.717, 1.165) is 11.1 Å². The molecule has 2 aromatic carbocycles. The van der Waals surface area contributed by atoms with Crippen LogP contribution in [0.15, 0.2) is 42.6 Å². The average molecular weight is 275 g/mol. The van der Waals surface area contributed by atoms with E-state index in [1.165, 1.54) is 0 Å². The molecule has 0 fully saturated rings. The number of aryl methyl sites for hydroxylation is 1. The quantitative estimate of drug-likeness (QED) is 0.556. The number of nitrogens with two attached hydrogens (primary N) is 1. The zero-order chi connectivity index (χ0) is 15.0. The normalized spacial score (nSPS) is 10.5. The van der Waals surface area contributed by atoms with Crippen molar-refractivity contribution in [2.45, 2.75) is 6.92 Å². The van der Waals surface area contributed by atoms with Crippen LogP contribution in [0.5, 0.6) is 0 Å². The number of carbonyl (C=O) groups is 1. The number of aromatic nitrogens is 1. The smallest absolute Gasteiger partial charge is 0.195 e. The van der Waals surface area contributed by atoms with Gasteiger partial charge < -0.3 is 10.7 Å². The lowest BCUT2D eigenvalue weighted by atomic mass is 9.98. The fraction of sp³-hybridized carbons (Fsp3) is 0.0588. The van der Waals surface area contributed by atoms with Gasteiger partial charge in [-0.2, -0.15) is 5.26 Å². The Hall–Kier alpha value is -3.06. The van der Waals surface area contributed by atoms with Gasteiger partial charge in [0.05, 0.1) is 11.6 Å². The number of nitrogen functional groups attached to an aromatic ring is 1. The van der Waals surface area contributed by atoms with Crippen LogP contribution in [-0.4, -0.2) is 10.8 Å². The summed E-state index contributed by atoms with van der Waals surface area (Å²) in [6.07, 6.45) is 1.64. The molecule has 4 nitrogen and oxygen atoms in total. The number of rotatable bonds is 2. The number of nitriles is 1. The summed E-state index contributed by atoms with van der Waals surface area (Å²) >= 11 is 0. The SMILES string of the molecule is Cc1ccc(C(=O)c2c[nH]c3cccc(C#N)c23)cc1N. The van der Waals surface area contributed by atoms with Crippen LogP contribution >= 0.6 is 0 Å². The zero-order valence-electron chi connectivity index (χ0n) is 11.5. The topological polar surface area (TPSA) is 82.7 Å². The highest BCUT2D eigenvalue weighted by molar-refractivity contribution is 6.17. The summed E-state index contributed by atoms with van der Waals surface area (Å²) in [7, 11) is 0. The number of anilines is 1. The molecule has 4 heteroatoms. The van der Waals surface area contributed by atoms with Crippen LogP contribution in [0.3, 0.4) is 0 Å². The zero-order valence-corrected chi connectivity index (χ0v) is 11.5. The fourth-order valence-electron chi connectivity index (χ4n) is 2.39. The van der Waals surface area contributed by atoms with Crippen LogP contribution in [0.25, 0.3) is 10.9 Å². The molecule has 0 radical (unpaired) electrons. The van der Waals surface area contributed by atoms with Crippen molar-refractivity contribution in [2.24, 2.45) is 0 Å². The first kappa shape index (κ1) is 12.9. The highest BCUT2D eigenvalue weighted by atomic mass is 16.1. The molecule has 3 N–H and O–H groups in total. The van der Waals surface area contributed by atoms with Gasteiger partial charge in [-0.3, -0.25) is 4.79 Å². The first-order chi connectivity index (χ1) is 10.1. The van der Waals surface area contributed by atoms with Crippen molar-refractivity contribution in [1.82, 2.24) is 4.98 Å². The third-order valence-electron chi connectivity index (χ3n) is 3.61. The molecule has 0 atom stereocenters. The Morgan fingerprint density at radius 3 is 2.81 bits per heavy atom. The summed E-state index contributed by atoms with van der Waals surface area (Å²) < 4.78 is 0. The van der Waals surface area contributed by atoms with Gasteiger partial charge in [-0.1, -0.05) is 18.2 Å². The predicted octanol–water partition coefficient (Wildman–Crippen LogP) is 3.16. The van der Waals surface area contributed by atoms with Gasteiger partial charge in [-0.25, -0.2) is 0 Å². The minimum Gasteiger partial charge on any atom is -0.398 e. The first-order valence-corrected chi connectivity index (χ1v) is 6.53. The summed E-state index contributed by atoms with van der Waals surface area (Å²) in [5.74, 6) is -0.143. The monoisotopic (exact) mass is 275 g/mol. The van der Waals surface area contributed by atoms with Crippen molar-refractivity contribution in [3.63, 3.8) is 0 Å². The van der Waals surface area contributed by atoms with Gasteiger partial charge in [0.25, 0.3) is 0 Å². The van der Waals surface area contributed by atoms with E-state index in [1.54, 1.807) is 30.5 Å². The first-order valence-electron chi connectivity index (χ1n) is 6.53. The second kappa shape index (κ2) is 4.80. The third kappa shape index (κ3) is 2.05. The predicted molar refractivity (Wildman–Crippen MR) is 82.0 cm³/mol. The molecular formula is C17H13N3O. The summed E-state index contributed by atoms with van der Waals surface area (Å²) in [6, 6.07) is 12.7. The van der Waals surface area contributed by atoms with Gasteiger partial charge in [-0.15, -0.1) is 0 Å². The standard InChI is InChI=1S/C17H13N3O/c1-10-5-6-11(7-14(10)19)17(21)13-9-20-15-4-2-3-12(8-18)16(13)15/h2-7,9,20H,19H2,1H3. The number of hydrogen-bond donors (Lipinski definition) is 2. The Morgan fingerprint density at radius 1 is 1.29 bits per heavy atom. The van der Waals surface area contributed by atoms with E-state index in [2.05, 4.69) is 11.1 Å². The number of fused-ring (bicyclic) bond motifs is 1. The van der Waals surface area contributed by atoms with Gasteiger partial charge in [0.2, 0.25) is 0 Å². The van der Waals surface area contributed by atoms with E-state index in [0.29, 0.717) is 27.8 Å². The molecule has 0 spiro atoms. The molecule has 1 heterocycles. The van der Waals surface area contributed by atoms with Crippen molar-refractivity contribution in [3.05, 3.63) is 64.8 Å². The minimum absolute atomic E-state index is 0.143. The van der Waals surface area contributed by atoms with Gasteiger partial charge in [0, 0.05) is 33.9 Å². The van der Waals surface area contributed by atoms with E-state index < -0.39 is 0 Å². The molecule has 0 saturated carbocycles. The Kier molecular flexibility index (Phi) is 2.96. The second-order valence-electron chi connectivity index (χ2n) is 4.94. The number of carbonyl (C=O) groups excluding carboxylic acids is 1. The van der Waals surface area contributed by atoms with E-state index in [9.17, 15) is 10.1 Å². The van der Waals surface area contributed by atoms with Crippen LogP contribution in [-0.2, 0) is 0 Å². The lowest BCUT2D eigenvalue weighted by Crippen LogP contribution is -2.02. The number of aromatic amines is 1. The van der Waals surface area contributed by atoms with Crippen LogP contribution in [0.1, 0.15) is 27.0 Å². The van der Waals surface area contributed by atoms with Crippen molar-refractivity contribution >= 4 is 22.4 Å². The number of nitrogens with one attached hydrogen (secondary N) is 1. The van der Waals surface area contributed by atoms with Crippen LogP contribution in [0.4, 0.5) is 5.69 Å². The Labute approximate surface area is 121 Å². The highest BCUT2D eigenvalue weighted by Gasteiger charge is 2.17. The lowest BCUT2D eigenvalue weighted by Gasteiger charge is -2.04. The molecule has 0 aliphatic carbocycles. The highest BCUT2D eigenvalue weighted by Crippen LogP contribution is 2.25. The Morgan fingerprint density at radius 2 is 2.10 bits per heavy atom. The number of ketones is 1. The molecule has 3 aromatic rings. The maximum atomic E-state index is 12.7. The Balaban J connectivity index is 2.18. The molecule has 102 valence electrons. The summed E-state index contributed by atoms with van der Waals surface area (Å²) in [5, 5.41) is 9.87. The number of H-pyrrole nitrogens is 1. The molecule has 0 unspecified atom stereocenters. The number of nitrogens with zero attached hydrogens (tertiary/aromatic N) is 1. The van der Waals surface area contributed by atoms with Crippen LogP contribution in [0, 0.1) is 18.3 Å². The summed E-state index contributed by atoms with van der Waals surface area (Å²) in [6.45, 7) is 1.89. The minimum atomic E-state index is -0.143. The molecule has 0 amide bonds. The molecular weight excluding hydrogens is 262 g/mol. The molecule has 0 bridgehead atoms. The number of benzene rings is 2. The molecule has 0 aliphatic heterocycles. The lowest BCUT2D eigenvalue weighted by molar-refractivity contribution is 0.104. The van der Waals surface area contributed by atoms with Crippen molar-refractivity contribution in [2.75, 3.05) is 5.73 Å². The van der Waals surface area contributed by atoms with E-state index in [1.807, 2.05) is 19.1 Å². The van der Waals surface area contributed by atoms with Crippen molar-refractivity contribution < 1.29 is 4.79 Å². The van der Waals surface area contributed by atoms with Crippen LogP contribution in [0.2, 0.25) is 0 Å². The summed E-state index contributed by atoms with van der Waals surface area (Å²) in [5.41, 5.74) is 9.66. The molecule has 3 rings (SSSR count). The molecule has 0 saturated heterocycles. The fourth-order valence-corrected chi connectivity index (χ4v) is 2.39. The largest absolute Gasteiger partial charge is 0.398 e. The van der Waals surface area contributed by atoms with Crippen LogP contribution < -0.4 is 5.73 Å². The van der Waals surface area contributed by atoms with Gasteiger partial charge in [0.1, 0.15) is 0 Å². The maximum absolute atomic E-state index is 12.7. The Bertz CT molecular complexity index is 900.